The van der Waals surface area contributed by atoms with Gasteiger partial charge in [0, 0.05) is 16.7 Å². The molecule has 1 unspecified atom stereocenters. The number of Topliss-reactive ketones (excluding diaryl/α,β-unsaturated/α-hetero) is 2. The fourth-order valence-electron chi connectivity index (χ4n) is 2.87. The Balaban J connectivity index is 2.19. The number of rotatable bonds is 6. The van der Waals surface area contributed by atoms with Crippen molar-refractivity contribution in [1.82, 2.24) is 0 Å². The summed E-state index contributed by atoms with van der Waals surface area (Å²) in [5.74, 6) is -0.597. The molecule has 0 aromatic heterocycles. The summed E-state index contributed by atoms with van der Waals surface area (Å²) in [5.41, 5.74) is 1.31. The van der Waals surface area contributed by atoms with Gasteiger partial charge in [0.1, 0.15) is 0 Å². The van der Waals surface area contributed by atoms with Crippen molar-refractivity contribution in [1.29, 1.82) is 0 Å². The quantitative estimate of drug-likeness (QED) is 0.364. The molecule has 27 heavy (non-hydrogen) atoms. The van der Waals surface area contributed by atoms with E-state index in [1.807, 2.05) is 66.7 Å². The topological polar surface area (TPSA) is 46.5 Å². The Labute approximate surface area is 159 Å². The molecule has 0 aliphatic rings. The standard InChI is InChI=1S/C24H21NO2/c1-18(26)24(2,23(27)21-16-10-5-11-17-21)25-22(19-12-6-3-7-13-19)20-14-8-4-9-15-20/h3-17H,1-2H3. The molecule has 0 heterocycles. The minimum atomic E-state index is -1.50. The Kier molecular flexibility index (Phi) is 5.41. The highest BCUT2D eigenvalue weighted by Crippen LogP contribution is 2.23. The Morgan fingerprint density at radius 2 is 1.04 bits per heavy atom. The van der Waals surface area contributed by atoms with Crippen LogP contribution in [-0.4, -0.2) is 22.8 Å². The third kappa shape index (κ3) is 3.93. The van der Waals surface area contributed by atoms with Gasteiger partial charge in [-0.3, -0.25) is 14.6 Å². The van der Waals surface area contributed by atoms with Gasteiger partial charge in [0.15, 0.2) is 17.1 Å². The molecular weight excluding hydrogens is 334 g/mol. The van der Waals surface area contributed by atoms with Crippen LogP contribution in [0.3, 0.4) is 0 Å². The lowest BCUT2D eigenvalue weighted by Gasteiger charge is -2.23. The van der Waals surface area contributed by atoms with Crippen molar-refractivity contribution < 1.29 is 9.59 Å². The van der Waals surface area contributed by atoms with Gasteiger partial charge in [-0.05, 0) is 13.8 Å². The molecule has 0 aliphatic carbocycles. The molecule has 0 bridgehead atoms. The summed E-state index contributed by atoms with van der Waals surface area (Å²) in [5, 5.41) is 0. The van der Waals surface area contributed by atoms with Crippen molar-refractivity contribution in [2.45, 2.75) is 19.4 Å². The molecule has 0 radical (unpaired) electrons. The second-order valence-electron chi connectivity index (χ2n) is 6.52. The van der Waals surface area contributed by atoms with E-state index in [9.17, 15) is 9.59 Å². The van der Waals surface area contributed by atoms with Crippen molar-refractivity contribution in [3.63, 3.8) is 0 Å². The number of carbonyl (C=O) groups is 2. The SMILES string of the molecule is CC(=O)C(C)(N=C(c1ccccc1)c1ccccc1)C(=O)c1ccccc1. The van der Waals surface area contributed by atoms with E-state index in [2.05, 4.69) is 0 Å². The first kappa shape index (κ1) is 18.5. The number of carbonyl (C=O) groups excluding carboxylic acids is 2. The maximum atomic E-state index is 13.2. The Morgan fingerprint density at radius 1 is 0.667 bits per heavy atom. The van der Waals surface area contributed by atoms with Gasteiger partial charge in [-0.15, -0.1) is 0 Å². The number of nitrogens with zero attached hydrogens (tertiary/aromatic N) is 1. The van der Waals surface area contributed by atoms with Crippen LogP contribution in [0, 0.1) is 0 Å². The van der Waals surface area contributed by atoms with Gasteiger partial charge in [0.05, 0.1) is 5.71 Å². The van der Waals surface area contributed by atoms with Crippen LogP contribution in [0.1, 0.15) is 35.3 Å². The Hall–Kier alpha value is -3.33. The first-order chi connectivity index (χ1) is 13.0. The molecule has 3 aromatic rings. The minimum absolute atomic E-state index is 0.291. The lowest BCUT2D eigenvalue weighted by atomic mass is 9.87. The van der Waals surface area contributed by atoms with Crippen LogP contribution >= 0.6 is 0 Å². The van der Waals surface area contributed by atoms with Crippen molar-refractivity contribution >= 4 is 17.3 Å². The zero-order valence-electron chi connectivity index (χ0n) is 15.4. The number of aliphatic imine (C=N–C) groups is 1. The lowest BCUT2D eigenvalue weighted by molar-refractivity contribution is -0.119. The van der Waals surface area contributed by atoms with Crippen LogP contribution in [0.4, 0.5) is 0 Å². The van der Waals surface area contributed by atoms with Crippen LogP contribution in [-0.2, 0) is 4.79 Å². The smallest absolute Gasteiger partial charge is 0.197 e. The molecule has 0 saturated carbocycles. The molecule has 0 aliphatic heterocycles. The van der Waals surface area contributed by atoms with E-state index in [4.69, 9.17) is 4.99 Å². The first-order valence-electron chi connectivity index (χ1n) is 8.84. The highest BCUT2D eigenvalue weighted by molar-refractivity contribution is 6.21. The minimum Gasteiger partial charge on any atom is -0.297 e. The summed E-state index contributed by atoms with van der Waals surface area (Å²) in [7, 11) is 0. The molecule has 0 N–H and O–H groups in total. The third-order valence-electron chi connectivity index (χ3n) is 4.59. The maximum Gasteiger partial charge on any atom is 0.197 e. The third-order valence-corrected chi connectivity index (χ3v) is 4.59. The molecular formula is C24H21NO2. The second kappa shape index (κ2) is 7.92. The summed E-state index contributed by atoms with van der Waals surface area (Å²) in [4.78, 5) is 30.5. The van der Waals surface area contributed by atoms with Crippen molar-refractivity contribution in [2.75, 3.05) is 0 Å². The summed E-state index contributed by atoms with van der Waals surface area (Å²) in [6.45, 7) is 3.01. The summed E-state index contributed by atoms with van der Waals surface area (Å²) in [6.07, 6.45) is 0. The molecule has 0 fully saturated rings. The van der Waals surface area contributed by atoms with E-state index < -0.39 is 5.54 Å². The molecule has 3 rings (SSSR count). The maximum absolute atomic E-state index is 13.2. The molecule has 0 amide bonds. The van der Waals surface area contributed by atoms with Crippen LogP contribution in [0.2, 0.25) is 0 Å². The number of benzene rings is 3. The van der Waals surface area contributed by atoms with E-state index in [-0.39, 0.29) is 11.6 Å². The fourth-order valence-corrected chi connectivity index (χ4v) is 2.87. The number of hydrogen-bond donors (Lipinski definition) is 0. The Bertz CT molecular complexity index is 922. The Morgan fingerprint density at radius 3 is 1.41 bits per heavy atom. The van der Waals surface area contributed by atoms with Crippen molar-refractivity contribution in [2.24, 2.45) is 4.99 Å². The summed E-state index contributed by atoms with van der Waals surface area (Å²) >= 11 is 0. The van der Waals surface area contributed by atoms with Crippen molar-refractivity contribution in [3.8, 4) is 0 Å². The van der Waals surface area contributed by atoms with E-state index in [0.717, 1.165) is 11.1 Å². The van der Waals surface area contributed by atoms with Gasteiger partial charge >= 0.3 is 0 Å². The molecule has 0 spiro atoms. The second-order valence-corrected chi connectivity index (χ2v) is 6.52. The van der Waals surface area contributed by atoms with Crippen LogP contribution in [0.25, 0.3) is 0 Å². The van der Waals surface area contributed by atoms with E-state index in [1.54, 1.807) is 31.2 Å². The van der Waals surface area contributed by atoms with E-state index in [0.29, 0.717) is 11.3 Å². The molecule has 3 nitrogen and oxygen atoms in total. The summed E-state index contributed by atoms with van der Waals surface area (Å²) in [6, 6.07) is 28.1. The molecule has 134 valence electrons. The molecule has 1 atom stereocenters. The van der Waals surface area contributed by atoms with Crippen LogP contribution in [0.15, 0.2) is 96.0 Å². The van der Waals surface area contributed by atoms with Crippen LogP contribution < -0.4 is 0 Å². The zero-order chi connectivity index (χ0) is 19.3. The van der Waals surface area contributed by atoms with Gasteiger partial charge in [-0.25, -0.2) is 0 Å². The summed E-state index contributed by atoms with van der Waals surface area (Å²) < 4.78 is 0. The molecule has 0 saturated heterocycles. The lowest BCUT2D eigenvalue weighted by Crippen LogP contribution is -2.41. The zero-order valence-corrected chi connectivity index (χ0v) is 15.4. The van der Waals surface area contributed by atoms with Gasteiger partial charge in [0.25, 0.3) is 0 Å². The predicted octanol–water partition coefficient (Wildman–Crippen LogP) is 4.75. The highest BCUT2D eigenvalue weighted by Gasteiger charge is 2.39. The largest absolute Gasteiger partial charge is 0.297 e. The van der Waals surface area contributed by atoms with Gasteiger partial charge in [-0.1, -0.05) is 91.0 Å². The normalized spacial score (nSPS) is 12.7. The fraction of sp³-hybridized carbons (Fsp3) is 0.125. The van der Waals surface area contributed by atoms with Gasteiger partial charge in [-0.2, -0.15) is 0 Å². The van der Waals surface area contributed by atoms with Gasteiger partial charge < -0.3 is 0 Å². The number of ketones is 2. The molecule has 3 aromatic carbocycles. The predicted molar refractivity (Wildman–Crippen MR) is 108 cm³/mol. The molecule has 3 heteroatoms. The number of hydrogen-bond acceptors (Lipinski definition) is 3. The highest BCUT2D eigenvalue weighted by atomic mass is 16.2. The van der Waals surface area contributed by atoms with Crippen LogP contribution in [0.5, 0.6) is 0 Å². The van der Waals surface area contributed by atoms with Crippen molar-refractivity contribution in [3.05, 3.63) is 108 Å². The monoisotopic (exact) mass is 355 g/mol. The van der Waals surface area contributed by atoms with Gasteiger partial charge in [0.2, 0.25) is 0 Å². The van der Waals surface area contributed by atoms with E-state index in [1.165, 1.54) is 6.92 Å². The average Bonchev–Trinajstić information content (AvgIpc) is 2.73. The first-order valence-corrected chi connectivity index (χ1v) is 8.84. The van der Waals surface area contributed by atoms with E-state index >= 15 is 0 Å². The average molecular weight is 355 g/mol.